The molecule has 0 aromatic heterocycles. The molecule has 1 atom stereocenters. The van der Waals surface area contributed by atoms with E-state index >= 15 is 0 Å². The zero-order valence-corrected chi connectivity index (χ0v) is 9.29. The Hall–Kier alpha value is -1.52. The molecular formula is C12H13F3O2. The molecule has 1 unspecified atom stereocenters. The highest BCUT2D eigenvalue weighted by atomic mass is 19.4. The molecule has 0 radical (unpaired) electrons. The third-order valence-corrected chi connectivity index (χ3v) is 2.56. The first-order valence-electron chi connectivity index (χ1n) is 5.22. The second-order valence-corrected chi connectivity index (χ2v) is 3.79. The summed E-state index contributed by atoms with van der Waals surface area (Å²) in [5.41, 5.74) is 0.919. The van der Waals surface area contributed by atoms with Gasteiger partial charge in [-0.1, -0.05) is 31.2 Å². The van der Waals surface area contributed by atoms with Crippen molar-refractivity contribution in [1.29, 1.82) is 0 Å². The van der Waals surface area contributed by atoms with Crippen LogP contribution in [0.1, 0.15) is 30.4 Å². The van der Waals surface area contributed by atoms with Crippen LogP contribution in [0.5, 0.6) is 0 Å². The van der Waals surface area contributed by atoms with Gasteiger partial charge in [-0.2, -0.15) is 13.2 Å². The Morgan fingerprint density at radius 1 is 1.29 bits per heavy atom. The van der Waals surface area contributed by atoms with Gasteiger partial charge in [-0.15, -0.1) is 0 Å². The molecule has 94 valence electrons. The third kappa shape index (κ3) is 3.76. The Kier molecular flexibility index (Phi) is 4.15. The predicted molar refractivity (Wildman–Crippen MR) is 56.9 cm³/mol. The van der Waals surface area contributed by atoms with Crippen LogP contribution < -0.4 is 0 Å². The Morgan fingerprint density at radius 2 is 1.82 bits per heavy atom. The van der Waals surface area contributed by atoms with Crippen molar-refractivity contribution in [3.63, 3.8) is 0 Å². The summed E-state index contributed by atoms with van der Waals surface area (Å²) in [6.07, 6.45) is -4.74. The molecule has 5 heteroatoms. The van der Waals surface area contributed by atoms with Crippen LogP contribution in [0.15, 0.2) is 24.3 Å². The molecule has 1 N–H and O–H groups in total. The van der Waals surface area contributed by atoms with Crippen molar-refractivity contribution in [2.45, 2.75) is 31.9 Å². The molecule has 0 aliphatic rings. The Morgan fingerprint density at radius 3 is 2.18 bits per heavy atom. The van der Waals surface area contributed by atoms with E-state index in [1.165, 1.54) is 12.1 Å². The largest absolute Gasteiger partial charge is 0.481 e. The topological polar surface area (TPSA) is 37.3 Å². The van der Waals surface area contributed by atoms with Crippen LogP contribution in [0, 0.1) is 0 Å². The minimum absolute atomic E-state index is 0.00269. The van der Waals surface area contributed by atoms with Crippen LogP contribution in [0.2, 0.25) is 0 Å². The number of hydrogen-bond donors (Lipinski definition) is 1. The average molecular weight is 246 g/mol. The molecule has 1 aromatic rings. The highest BCUT2D eigenvalue weighted by Crippen LogP contribution is 2.37. The molecule has 0 aliphatic carbocycles. The number of carboxylic acid groups (broad SMARTS) is 1. The molecule has 0 spiro atoms. The summed E-state index contributed by atoms with van der Waals surface area (Å²) < 4.78 is 38.1. The second-order valence-electron chi connectivity index (χ2n) is 3.79. The van der Waals surface area contributed by atoms with Crippen LogP contribution >= 0.6 is 0 Å². The van der Waals surface area contributed by atoms with Crippen LogP contribution in [0.4, 0.5) is 13.2 Å². The van der Waals surface area contributed by atoms with E-state index in [1.807, 2.05) is 6.92 Å². The highest BCUT2D eigenvalue weighted by Gasteiger charge is 2.41. The monoisotopic (exact) mass is 246 g/mol. The summed E-state index contributed by atoms with van der Waals surface area (Å²) in [5.74, 6) is -3.39. The van der Waals surface area contributed by atoms with E-state index in [0.29, 0.717) is 0 Å². The van der Waals surface area contributed by atoms with Crippen molar-refractivity contribution < 1.29 is 23.1 Å². The van der Waals surface area contributed by atoms with Gasteiger partial charge in [-0.05, 0) is 17.5 Å². The molecule has 2 nitrogen and oxygen atoms in total. The minimum atomic E-state index is -4.54. The van der Waals surface area contributed by atoms with Gasteiger partial charge in [0.15, 0.2) is 0 Å². The zero-order valence-electron chi connectivity index (χ0n) is 9.29. The molecule has 17 heavy (non-hydrogen) atoms. The Bertz CT molecular complexity index is 382. The second kappa shape index (κ2) is 5.21. The first kappa shape index (κ1) is 13.5. The van der Waals surface area contributed by atoms with Crippen molar-refractivity contribution in [3.05, 3.63) is 35.4 Å². The minimum Gasteiger partial charge on any atom is -0.481 e. The fourth-order valence-electron chi connectivity index (χ4n) is 1.58. The van der Waals surface area contributed by atoms with E-state index < -0.39 is 24.5 Å². The van der Waals surface area contributed by atoms with Crippen LogP contribution in [0.3, 0.4) is 0 Å². The van der Waals surface area contributed by atoms with E-state index in [4.69, 9.17) is 5.11 Å². The highest BCUT2D eigenvalue weighted by molar-refractivity contribution is 5.68. The summed E-state index contributed by atoms with van der Waals surface area (Å²) >= 11 is 0. The summed E-state index contributed by atoms with van der Waals surface area (Å²) in [6, 6.07) is 5.88. The van der Waals surface area contributed by atoms with Gasteiger partial charge in [-0.3, -0.25) is 4.79 Å². The summed E-state index contributed by atoms with van der Waals surface area (Å²) in [7, 11) is 0. The standard InChI is InChI=1S/C12H13F3O2/c1-2-8-3-5-9(6-4-8)10(7-11(16)17)12(13,14)15/h3-6,10H,2,7H2,1H3,(H,16,17). The van der Waals surface area contributed by atoms with E-state index in [-0.39, 0.29) is 5.56 Å². The molecular weight excluding hydrogens is 233 g/mol. The van der Waals surface area contributed by atoms with Crippen LogP contribution in [-0.4, -0.2) is 17.3 Å². The molecule has 0 fully saturated rings. The number of aliphatic carboxylic acids is 1. The molecule has 1 rings (SSSR count). The zero-order chi connectivity index (χ0) is 13.1. The maximum absolute atomic E-state index is 12.7. The van der Waals surface area contributed by atoms with Gasteiger partial charge in [0, 0.05) is 0 Å². The number of hydrogen-bond acceptors (Lipinski definition) is 1. The van der Waals surface area contributed by atoms with E-state index in [0.717, 1.165) is 12.0 Å². The van der Waals surface area contributed by atoms with Crippen molar-refractivity contribution in [3.8, 4) is 0 Å². The number of carbonyl (C=O) groups is 1. The lowest BCUT2D eigenvalue weighted by molar-refractivity contribution is -0.163. The number of halogens is 3. The molecule has 0 amide bonds. The normalized spacial score (nSPS) is 13.4. The lowest BCUT2D eigenvalue weighted by atomic mass is 9.94. The van der Waals surface area contributed by atoms with Crippen molar-refractivity contribution in [1.82, 2.24) is 0 Å². The lowest BCUT2D eigenvalue weighted by Gasteiger charge is -2.19. The first-order chi connectivity index (χ1) is 7.84. The quantitative estimate of drug-likeness (QED) is 0.884. The summed E-state index contributed by atoms with van der Waals surface area (Å²) in [4.78, 5) is 10.5. The maximum atomic E-state index is 12.7. The summed E-state index contributed by atoms with van der Waals surface area (Å²) in [6.45, 7) is 1.90. The van der Waals surface area contributed by atoms with Gasteiger partial charge >= 0.3 is 12.1 Å². The molecule has 0 aliphatic heterocycles. The molecule has 0 saturated heterocycles. The summed E-state index contributed by atoms with van der Waals surface area (Å²) in [5, 5.41) is 8.51. The number of benzene rings is 1. The van der Waals surface area contributed by atoms with E-state index in [2.05, 4.69) is 0 Å². The van der Waals surface area contributed by atoms with Crippen molar-refractivity contribution in [2.24, 2.45) is 0 Å². The maximum Gasteiger partial charge on any atom is 0.396 e. The predicted octanol–water partition coefficient (Wildman–Crippen LogP) is 3.37. The lowest BCUT2D eigenvalue weighted by Crippen LogP contribution is -2.23. The van der Waals surface area contributed by atoms with Gasteiger partial charge in [0.25, 0.3) is 0 Å². The van der Waals surface area contributed by atoms with Crippen molar-refractivity contribution in [2.75, 3.05) is 0 Å². The SMILES string of the molecule is CCc1ccc(C(CC(=O)O)C(F)(F)F)cc1. The number of alkyl halides is 3. The van der Waals surface area contributed by atoms with Crippen molar-refractivity contribution >= 4 is 5.97 Å². The van der Waals surface area contributed by atoms with Gasteiger partial charge in [0.1, 0.15) is 0 Å². The van der Waals surface area contributed by atoms with Crippen LogP contribution in [-0.2, 0) is 11.2 Å². The van der Waals surface area contributed by atoms with E-state index in [9.17, 15) is 18.0 Å². The third-order valence-electron chi connectivity index (χ3n) is 2.56. The molecule has 0 saturated carbocycles. The fourth-order valence-corrected chi connectivity index (χ4v) is 1.58. The first-order valence-corrected chi connectivity index (χ1v) is 5.22. The van der Waals surface area contributed by atoms with Gasteiger partial charge in [-0.25, -0.2) is 0 Å². The van der Waals surface area contributed by atoms with Gasteiger partial charge in [0.2, 0.25) is 0 Å². The molecule has 0 heterocycles. The molecule has 0 bridgehead atoms. The number of carboxylic acids is 1. The smallest absolute Gasteiger partial charge is 0.396 e. The molecule has 1 aromatic carbocycles. The average Bonchev–Trinajstić information content (AvgIpc) is 2.24. The fraction of sp³-hybridized carbons (Fsp3) is 0.417. The van der Waals surface area contributed by atoms with Gasteiger partial charge in [0.05, 0.1) is 12.3 Å². The number of rotatable bonds is 4. The number of aryl methyl sites for hydroxylation is 1. The Labute approximate surface area is 97.1 Å². The van der Waals surface area contributed by atoms with Crippen LogP contribution in [0.25, 0.3) is 0 Å². The van der Waals surface area contributed by atoms with E-state index in [1.54, 1.807) is 12.1 Å². The van der Waals surface area contributed by atoms with Gasteiger partial charge < -0.3 is 5.11 Å². The Balaban J connectivity index is 3.00.